The van der Waals surface area contributed by atoms with Crippen molar-refractivity contribution >= 4 is 22.9 Å². The maximum atomic E-state index is 12.6. The Bertz CT molecular complexity index is 889. The van der Waals surface area contributed by atoms with Gasteiger partial charge in [-0.25, -0.2) is 0 Å². The summed E-state index contributed by atoms with van der Waals surface area (Å²) in [5.74, 6) is 1.42. The number of piperazine rings is 1. The van der Waals surface area contributed by atoms with Crippen molar-refractivity contribution in [1.82, 2.24) is 9.80 Å². The van der Waals surface area contributed by atoms with Gasteiger partial charge in [0.05, 0.1) is 14.7 Å². The fourth-order valence-electron chi connectivity index (χ4n) is 3.32. The molecule has 0 unspecified atom stereocenters. The standard InChI is InChI=1S/C18H19N3O5S/c1-12-14(21(23)24)9-17(27-12)18(22)20-6-4-19(5-7-20)10-13-2-3-15-16(8-13)26-11-25-15/h2-3,8-9H,4-7,10-11H2,1H3. The molecule has 2 aromatic rings. The van der Waals surface area contributed by atoms with Crippen molar-refractivity contribution in [2.75, 3.05) is 33.0 Å². The van der Waals surface area contributed by atoms with Gasteiger partial charge in [-0.05, 0) is 24.6 Å². The zero-order chi connectivity index (χ0) is 19.0. The average molecular weight is 389 g/mol. The number of hydrogen-bond acceptors (Lipinski definition) is 7. The zero-order valence-corrected chi connectivity index (χ0v) is 15.7. The van der Waals surface area contributed by atoms with Gasteiger partial charge in [-0.15, -0.1) is 11.3 Å². The molecule has 1 amide bonds. The third-order valence-corrected chi connectivity index (χ3v) is 5.83. The smallest absolute Gasteiger partial charge is 0.283 e. The number of aryl methyl sites for hydroxylation is 1. The lowest BCUT2D eigenvalue weighted by atomic mass is 10.1. The molecule has 1 saturated heterocycles. The molecule has 0 saturated carbocycles. The van der Waals surface area contributed by atoms with E-state index in [0.29, 0.717) is 22.8 Å². The number of ether oxygens (including phenoxy) is 2. The van der Waals surface area contributed by atoms with Crippen molar-refractivity contribution in [3.8, 4) is 11.5 Å². The monoisotopic (exact) mass is 389 g/mol. The quantitative estimate of drug-likeness (QED) is 0.590. The third-order valence-electron chi connectivity index (χ3n) is 4.80. The van der Waals surface area contributed by atoms with Gasteiger partial charge in [0, 0.05) is 38.8 Å². The molecule has 1 fully saturated rings. The van der Waals surface area contributed by atoms with E-state index in [2.05, 4.69) is 4.90 Å². The summed E-state index contributed by atoms with van der Waals surface area (Å²) < 4.78 is 10.7. The fraction of sp³-hybridized carbons (Fsp3) is 0.389. The number of nitro groups is 1. The summed E-state index contributed by atoms with van der Waals surface area (Å²) in [4.78, 5) is 28.2. The lowest BCUT2D eigenvalue weighted by molar-refractivity contribution is -0.385. The molecule has 4 rings (SSSR count). The lowest BCUT2D eigenvalue weighted by Crippen LogP contribution is -2.48. The van der Waals surface area contributed by atoms with Crippen LogP contribution in [0.15, 0.2) is 24.3 Å². The predicted molar refractivity (Wildman–Crippen MR) is 99.5 cm³/mol. The van der Waals surface area contributed by atoms with Gasteiger partial charge < -0.3 is 14.4 Å². The first-order chi connectivity index (χ1) is 13.0. The van der Waals surface area contributed by atoms with Crippen LogP contribution in [-0.2, 0) is 6.54 Å². The number of carbonyl (C=O) groups is 1. The molecule has 0 bridgehead atoms. The van der Waals surface area contributed by atoms with Gasteiger partial charge in [0.25, 0.3) is 11.6 Å². The SMILES string of the molecule is Cc1sc(C(=O)N2CCN(Cc3ccc4c(c3)OCO4)CC2)cc1[N+](=O)[O-]. The molecule has 9 heteroatoms. The number of nitrogens with zero attached hydrogens (tertiary/aromatic N) is 3. The Kier molecular flexibility index (Phi) is 4.71. The van der Waals surface area contributed by atoms with Crippen LogP contribution in [0.1, 0.15) is 20.1 Å². The maximum Gasteiger partial charge on any atom is 0.283 e. The number of fused-ring (bicyclic) bond motifs is 1. The molecule has 0 N–H and O–H groups in total. The van der Waals surface area contributed by atoms with Gasteiger partial charge in [-0.2, -0.15) is 0 Å². The van der Waals surface area contributed by atoms with Crippen LogP contribution in [0.25, 0.3) is 0 Å². The van der Waals surface area contributed by atoms with E-state index in [-0.39, 0.29) is 18.4 Å². The van der Waals surface area contributed by atoms with Crippen molar-refractivity contribution in [3.63, 3.8) is 0 Å². The van der Waals surface area contributed by atoms with E-state index in [4.69, 9.17) is 9.47 Å². The number of benzene rings is 1. The van der Waals surface area contributed by atoms with Gasteiger partial charge in [-0.3, -0.25) is 19.8 Å². The van der Waals surface area contributed by atoms with E-state index in [1.54, 1.807) is 11.8 Å². The number of amides is 1. The summed E-state index contributed by atoms with van der Waals surface area (Å²) in [5, 5.41) is 11.0. The predicted octanol–water partition coefficient (Wildman–Crippen LogP) is 2.65. The van der Waals surface area contributed by atoms with E-state index in [1.807, 2.05) is 18.2 Å². The minimum atomic E-state index is -0.439. The summed E-state index contributed by atoms with van der Waals surface area (Å²) in [7, 11) is 0. The molecule has 0 atom stereocenters. The first kappa shape index (κ1) is 17.7. The normalized spacial score (nSPS) is 16.6. The zero-order valence-electron chi connectivity index (χ0n) is 14.8. The average Bonchev–Trinajstić information content (AvgIpc) is 3.27. The van der Waals surface area contributed by atoms with Crippen LogP contribution in [0.3, 0.4) is 0 Å². The van der Waals surface area contributed by atoms with Crippen molar-refractivity contribution in [1.29, 1.82) is 0 Å². The molecule has 142 valence electrons. The van der Waals surface area contributed by atoms with Gasteiger partial charge in [-0.1, -0.05) is 6.07 Å². The Labute approximate surface area is 160 Å². The Hall–Kier alpha value is -2.65. The molecule has 0 radical (unpaired) electrons. The summed E-state index contributed by atoms with van der Waals surface area (Å²) in [6, 6.07) is 7.33. The molecule has 0 spiro atoms. The lowest BCUT2D eigenvalue weighted by Gasteiger charge is -2.34. The molecule has 0 aliphatic carbocycles. The number of rotatable bonds is 4. The van der Waals surface area contributed by atoms with E-state index in [9.17, 15) is 14.9 Å². The Morgan fingerprint density at radius 2 is 1.93 bits per heavy atom. The molecule has 1 aromatic heterocycles. The summed E-state index contributed by atoms with van der Waals surface area (Å²) in [6.45, 7) is 5.44. The molecule has 1 aromatic carbocycles. The van der Waals surface area contributed by atoms with Crippen molar-refractivity contribution in [2.45, 2.75) is 13.5 Å². The highest BCUT2D eigenvalue weighted by Gasteiger charge is 2.26. The summed E-state index contributed by atoms with van der Waals surface area (Å²) >= 11 is 1.19. The van der Waals surface area contributed by atoms with Crippen LogP contribution in [-0.4, -0.2) is 53.6 Å². The maximum absolute atomic E-state index is 12.6. The number of carbonyl (C=O) groups excluding carboxylic acids is 1. The Morgan fingerprint density at radius 3 is 2.63 bits per heavy atom. The third kappa shape index (κ3) is 3.60. The first-order valence-electron chi connectivity index (χ1n) is 8.66. The fourth-order valence-corrected chi connectivity index (χ4v) is 4.28. The highest BCUT2D eigenvalue weighted by atomic mass is 32.1. The van der Waals surface area contributed by atoms with Crippen molar-refractivity contribution in [3.05, 3.63) is 49.7 Å². The second-order valence-corrected chi connectivity index (χ2v) is 7.82. The Balaban J connectivity index is 1.35. The van der Waals surface area contributed by atoms with Crippen molar-refractivity contribution < 1.29 is 19.2 Å². The van der Waals surface area contributed by atoms with E-state index >= 15 is 0 Å². The van der Waals surface area contributed by atoms with Crippen LogP contribution in [0, 0.1) is 17.0 Å². The van der Waals surface area contributed by atoms with E-state index in [1.165, 1.54) is 17.4 Å². The highest BCUT2D eigenvalue weighted by Crippen LogP contribution is 2.33. The molecule has 8 nitrogen and oxygen atoms in total. The molecule has 27 heavy (non-hydrogen) atoms. The molecule has 2 aliphatic rings. The minimum absolute atomic E-state index is 0.0183. The van der Waals surface area contributed by atoms with Gasteiger partial charge in [0.15, 0.2) is 11.5 Å². The van der Waals surface area contributed by atoms with Gasteiger partial charge in [0.2, 0.25) is 6.79 Å². The molecule has 3 heterocycles. The second-order valence-electron chi connectivity index (χ2n) is 6.57. The molecular formula is C18H19N3O5S. The summed E-state index contributed by atoms with van der Waals surface area (Å²) in [5.41, 5.74) is 1.16. The van der Waals surface area contributed by atoms with E-state index < -0.39 is 4.92 Å². The second kappa shape index (κ2) is 7.16. The van der Waals surface area contributed by atoms with Crippen LogP contribution < -0.4 is 9.47 Å². The highest BCUT2D eigenvalue weighted by molar-refractivity contribution is 7.14. The van der Waals surface area contributed by atoms with Crippen LogP contribution in [0.2, 0.25) is 0 Å². The van der Waals surface area contributed by atoms with E-state index in [0.717, 1.165) is 36.7 Å². The van der Waals surface area contributed by atoms with Crippen LogP contribution in [0.5, 0.6) is 11.5 Å². The van der Waals surface area contributed by atoms with Crippen LogP contribution in [0.4, 0.5) is 5.69 Å². The first-order valence-corrected chi connectivity index (χ1v) is 9.48. The minimum Gasteiger partial charge on any atom is -0.454 e. The topological polar surface area (TPSA) is 85.2 Å². The Morgan fingerprint density at radius 1 is 1.19 bits per heavy atom. The summed E-state index contributed by atoms with van der Waals surface area (Å²) in [6.07, 6.45) is 0. The number of thiophene rings is 1. The largest absolute Gasteiger partial charge is 0.454 e. The van der Waals surface area contributed by atoms with Crippen molar-refractivity contribution in [2.24, 2.45) is 0 Å². The van der Waals surface area contributed by atoms with Crippen LogP contribution >= 0.6 is 11.3 Å². The van der Waals surface area contributed by atoms with Gasteiger partial charge in [0.1, 0.15) is 0 Å². The molecule has 2 aliphatic heterocycles. The molecular weight excluding hydrogens is 370 g/mol. The number of hydrogen-bond donors (Lipinski definition) is 0. The van der Waals surface area contributed by atoms with Gasteiger partial charge >= 0.3 is 0 Å².